The molecule has 0 aliphatic rings. The van der Waals surface area contributed by atoms with Crippen molar-refractivity contribution in [2.45, 2.75) is 12.6 Å². The Hall–Kier alpha value is -4.71. The van der Waals surface area contributed by atoms with E-state index in [1.807, 2.05) is 10.8 Å². The fraction of sp³-hybridized carbons (Fsp3) is 0.0741. The van der Waals surface area contributed by atoms with Gasteiger partial charge in [0.05, 0.1) is 17.7 Å². The molecule has 0 fully saturated rings. The van der Waals surface area contributed by atoms with Crippen LogP contribution in [0, 0.1) is 5.82 Å². The second-order valence-corrected chi connectivity index (χ2v) is 9.10. The first-order valence-electron chi connectivity index (χ1n) is 11.3. The molecule has 0 bridgehead atoms. The molecule has 1 heterocycles. The lowest BCUT2D eigenvalue weighted by Crippen LogP contribution is -2.19. The number of thiophene rings is 1. The Morgan fingerprint density at radius 1 is 0.949 bits per heavy atom. The molecular formula is C27H21F4N5O2S. The summed E-state index contributed by atoms with van der Waals surface area (Å²) in [6.07, 6.45) is -4.48. The maximum atomic E-state index is 15.1. The number of nitrogens with zero attached hydrogens (tertiary/aromatic N) is 1. The van der Waals surface area contributed by atoms with E-state index in [2.05, 4.69) is 15.6 Å². The largest absolute Gasteiger partial charge is 0.416 e. The molecule has 200 valence electrons. The zero-order valence-electron chi connectivity index (χ0n) is 20.1. The van der Waals surface area contributed by atoms with Gasteiger partial charge in [0.1, 0.15) is 5.84 Å². The molecule has 0 atom stereocenters. The molecule has 1 aromatic heterocycles. The van der Waals surface area contributed by atoms with Gasteiger partial charge >= 0.3 is 12.2 Å². The van der Waals surface area contributed by atoms with Crippen molar-refractivity contribution in [1.82, 2.24) is 0 Å². The van der Waals surface area contributed by atoms with E-state index in [4.69, 9.17) is 11.5 Å². The zero-order valence-corrected chi connectivity index (χ0v) is 20.9. The first-order chi connectivity index (χ1) is 18.5. The van der Waals surface area contributed by atoms with Crippen LogP contribution in [0.15, 0.2) is 82.5 Å². The van der Waals surface area contributed by atoms with Crippen molar-refractivity contribution >= 4 is 46.2 Å². The number of rotatable bonds is 6. The van der Waals surface area contributed by atoms with Gasteiger partial charge < -0.3 is 22.1 Å². The molecule has 0 aliphatic carbocycles. The van der Waals surface area contributed by atoms with Gasteiger partial charge in [-0.3, -0.25) is 4.79 Å². The summed E-state index contributed by atoms with van der Waals surface area (Å²) in [5.41, 5.74) is 12.4. The molecule has 0 spiro atoms. The number of amides is 3. The maximum absolute atomic E-state index is 15.1. The summed E-state index contributed by atoms with van der Waals surface area (Å²) >= 11 is 1.45. The normalized spacial score (nSPS) is 11.7. The predicted octanol–water partition coefficient (Wildman–Crippen LogP) is 6.27. The van der Waals surface area contributed by atoms with Crippen molar-refractivity contribution in [2.75, 3.05) is 16.4 Å². The summed E-state index contributed by atoms with van der Waals surface area (Å²) in [6, 6.07) is 14.2. The maximum Gasteiger partial charge on any atom is 0.416 e. The number of urea groups is 1. The van der Waals surface area contributed by atoms with Gasteiger partial charge in [-0.1, -0.05) is 24.3 Å². The van der Waals surface area contributed by atoms with Crippen molar-refractivity contribution in [3.8, 4) is 11.1 Å². The van der Waals surface area contributed by atoms with Gasteiger partial charge in [0.2, 0.25) is 0 Å². The van der Waals surface area contributed by atoms with E-state index in [0.717, 1.165) is 17.7 Å². The highest BCUT2D eigenvalue weighted by molar-refractivity contribution is 7.08. The van der Waals surface area contributed by atoms with Gasteiger partial charge in [0.25, 0.3) is 5.91 Å². The van der Waals surface area contributed by atoms with Crippen LogP contribution in [-0.2, 0) is 17.4 Å². The second kappa shape index (κ2) is 11.4. The Morgan fingerprint density at radius 2 is 1.67 bits per heavy atom. The average molecular weight is 556 g/mol. The van der Waals surface area contributed by atoms with Crippen LogP contribution >= 0.6 is 11.3 Å². The Morgan fingerprint density at radius 3 is 2.33 bits per heavy atom. The number of hydrogen-bond acceptors (Lipinski definition) is 4. The minimum atomic E-state index is -4.54. The third-order valence-electron chi connectivity index (χ3n) is 5.54. The monoisotopic (exact) mass is 555 g/mol. The van der Waals surface area contributed by atoms with E-state index in [1.165, 1.54) is 59.9 Å². The summed E-state index contributed by atoms with van der Waals surface area (Å²) in [5, 5.41) is 8.48. The van der Waals surface area contributed by atoms with Gasteiger partial charge in [-0.15, -0.1) is 0 Å². The van der Waals surface area contributed by atoms with Gasteiger partial charge in [-0.05, 0) is 64.4 Å². The number of alkyl halides is 3. The number of benzene rings is 3. The van der Waals surface area contributed by atoms with E-state index < -0.39 is 29.5 Å². The average Bonchev–Trinajstić information content (AvgIpc) is 3.38. The predicted molar refractivity (Wildman–Crippen MR) is 144 cm³/mol. The van der Waals surface area contributed by atoms with E-state index in [1.54, 1.807) is 6.07 Å². The summed E-state index contributed by atoms with van der Waals surface area (Å²) in [4.78, 5) is 28.2. The number of aliphatic imine (C=N–C) groups is 1. The summed E-state index contributed by atoms with van der Waals surface area (Å²) in [6.45, 7) is 0. The molecule has 7 nitrogen and oxygen atoms in total. The highest BCUT2D eigenvalue weighted by atomic mass is 32.1. The number of anilines is 3. The smallest absolute Gasteiger partial charge is 0.396 e. The van der Waals surface area contributed by atoms with Gasteiger partial charge in [-0.2, -0.15) is 29.5 Å². The molecule has 3 aromatic carbocycles. The van der Waals surface area contributed by atoms with Crippen LogP contribution in [0.5, 0.6) is 0 Å². The van der Waals surface area contributed by atoms with Gasteiger partial charge in [0.15, 0.2) is 5.82 Å². The number of amidine groups is 1. The summed E-state index contributed by atoms with van der Waals surface area (Å²) < 4.78 is 53.8. The molecule has 4 aromatic rings. The molecule has 0 aliphatic heterocycles. The van der Waals surface area contributed by atoms with Gasteiger partial charge in [-0.25, -0.2) is 9.18 Å². The van der Waals surface area contributed by atoms with Crippen molar-refractivity contribution in [1.29, 1.82) is 0 Å². The van der Waals surface area contributed by atoms with Crippen LogP contribution in [0.4, 0.5) is 39.4 Å². The molecule has 0 radical (unpaired) electrons. The number of nitrogen functional groups attached to an aromatic ring is 1. The molecule has 4 rings (SSSR count). The van der Waals surface area contributed by atoms with Crippen LogP contribution < -0.4 is 22.1 Å². The number of hydrogen-bond donors (Lipinski definition) is 4. The molecule has 0 saturated heterocycles. The topological polar surface area (TPSA) is 123 Å². The third kappa shape index (κ3) is 6.79. The molecule has 0 unspecified atom stereocenters. The van der Waals surface area contributed by atoms with Crippen molar-refractivity contribution < 1.29 is 27.2 Å². The molecule has 0 saturated carbocycles. The molecular weight excluding hydrogens is 534 g/mol. The Labute approximate surface area is 224 Å². The molecule has 6 N–H and O–H groups in total. The number of carbonyl (C=O) groups excluding carboxylic acids is 2. The van der Waals surface area contributed by atoms with Crippen molar-refractivity contribution in [3.05, 3.63) is 100.0 Å². The van der Waals surface area contributed by atoms with E-state index in [9.17, 15) is 22.8 Å². The fourth-order valence-corrected chi connectivity index (χ4v) is 4.31. The SMILES string of the molecule is NC(=NC(=O)Cc1ccsc1)c1ccc(-c2ccc(NC(=O)Nc3cccc(C(F)(F)F)c3)cc2)c(F)c1N. The fourth-order valence-electron chi connectivity index (χ4n) is 3.64. The first-order valence-corrected chi connectivity index (χ1v) is 12.3. The zero-order chi connectivity index (χ0) is 28.2. The number of halogens is 4. The van der Waals surface area contributed by atoms with E-state index in [-0.39, 0.29) is 34.8 Å². The quantitative estimate of drug-likeness (QED) is 0.0969. The minimum Gasteiger partial charge on any atom is -0.396 e. The van der Waals surface area contributed by atoms with Crippen LogP contribution in [0.3, 0.4) is 0 Å². The van der Waals surface area contributed by atoms with Crippen LogP contribution in [0.2, 0.25) is 0 Å². The van der Waals surface area contributed by atoms with Crippen LogP contribution in [-0.4, -0.2) is 17.8 Å². The lowest BCUT2D eigenvalue weighted by atomic mass is 10.0. The van der Waals surface area contributed by atoms with Gasteiger partial charge in [0, 0.05) is 22.5 Å². The standard InChI is InChI=1S/C27H21F4N5O2S/c28-23-20(8-9-21(24(23)32)25(33)36-22(37)12-15-10-11-39-14-15)16-4-6-18(7-5-16)34-26(38)35-19-3-1-2-17(13-19)27(29,30)31/h1-11,13-14H,12,32H2,(H2,33,36,37)(H2,34,35,38). The molecule has 3 amide bonds. The lowest BCUT2D eigenvalue weighted by Gasteiger charge is -2.12. The number of carbonyl (C=O) groups is 2. The minimum absolute atomic E-state index is 0.0347. The number of nitrogens with two attached hydrogens (primary N) is 2. The molecule has 12 heteroatoms. The Bertz CT molecular complexity index is 1540. The highest BCUT2D eigenvalue weighted by Gasteiger charge is 2.30. The number of nitrogens with one attached hydrogen (secondary N) is 2. The van der Waals surface area contributed by atoms with Crippen molar-refractivity contribution in [2.24, 2.45) is 10.7 Å². The Kier molecular flexibility index (Phi) is 7.96. The summed E-state index contributed by atoms with van der Waals surface area (Å²) in [7, 11) is 0. The van der Waals surface area contributed by atoms with E-state index in [0.29, 0.717) is 11.3 Å². The highest BCUT2D eigenvalue weighted by Crippen LogP contribution is 2.31. The summed E-state index contributed by atoms with van der Waals surface area (Å²) in [5.74, 6) is -1.46. The van der Waals surface area contributed by atoms with Crippen LogP contribution in [0.25, 0.3) is 11.1 Å². The van der Waals surface area contributed by atoms with Crippen molar-refractivity contribution in [3.63, 3.8) is 0 Å². The van der Waals surface area contributed by atoms with E-state index >= 15 is 4.39 Å². The molecule has 39 heavy (non-hydrogen) atoms. The van der Waals surface area contributed by atoms with Crippen LogP contribution in [0.1, 0.15) is 16.7 Å². The third-order valence-corrected chi connectivity index (χ3v) is 6.27. The second-order valence-electron chi connectivity index (χ2n) is 8.32. The lowest BCUT2D eigenvalue weighted by molar-refractivity contribution is -0.137. The Balaban J connectivity index is 1.44. The first kappa shape index (κ1) is 27.3.